The van der Waals surface area contributed by atoms with Crippen LogP contribution in [0.4, 0.5) is 4.39 Å². The number of rotatable bonds is 4. The molecule has 0 heterocycles. The lowest BCUT2D eigenvalue weighted by atomic mass is 10.2. The average molecular weight is 199 g/mol. The van der Waals surface area contributed by atoms with Crippen molar-refractivity contribution >= 4 is 0 Å². The monoisotopic (exact) mass is 199 g/mol. The first kappa shape index (κ1) is 10.9. The summed E-state index contributed by atoms with van der Waals surface area (Å²) >= 11 is 0. The molecule has 0 aliphatic heterocycles. The molecule has 0 aliphatic rings. The number of hydrogen-bond acceptors (Lipinski definition) is 3. The van der Waals surface area contributed by atoms with E-state index in [0.29, 0.717) is 5.56 Å². The highest BCUT2D eigenvalue weighted by atomic mass is 19.1. The number of ether oxygens (including phenoxy) is 1. The maximum absolute atomic E-state index is 13.3. The fourth-order valence-corrected chi connectivity index (χ4v) is 0.981. The molecule has 1 unspecified atom stereocenters. The first-order valence-corrected chi connectivity index (χ1v) is 4.39. The average Bonchev–Trinajstić information content (AvgIpc) is 2.20. The number of aryl methyl sites for hydroxylation is 1. The van der Waals surface area contributed by atoms with Crippen LogP contribution in [0.1, 0.15) is 5.56 Å². The first-order valence-electron chi connectivity index (χ1n) is 4.39. The van der Waals surface area contributed by atoms with Gasteiger partial charge in [-0.15, -0.1) is 0 Å². The summed E-state index contributed by atoms with van der Waals surface area (Å²) in [5.41, 5.74) is 5.94. The lowest BCUT2D eigenvalue weighted by Crippen LogP contribution is -2.31. The van der Waals surface area contributed by atoms with Crippen LogP contribution in [-0.4, -0.2) is 24.4 Å². The van der Waals surface area contributed by atoms with Gasteiger partial charge < -0.3 is 15.6 Å². The van der Waals surface area contributed by atoms with Crippen LogP contribution in [0, 0.1) is 12.7 Å². The van der Waals surface area contributed by atoms with Gasteiger partial charge in [0.2, 0.25) is 0 Å². The predicted molar refractivity (Wildman–Crippen MR) is 51.7 cm³/mol. The topological polar surface area (TPSA) is 55.5 Å². The van der Waals surface area contributed by atoms with Gasteiger partial charge in [-0.05, 0) is 18.6 Å². The van der Waals surface area contributed by atoms with Crippen LogP contribution < -0.4 is 10.5 Å². The zero-order valence-electron chi connectivity index (χ0n) is 8.03. The number of nitrogens with two attached hydrogens (primary N) is 1. The van der Waals surface area contributed by atoms with Crippen molar-refractivity contribution in [2.24, 2.45) is 5.73 Å². The van der Waals surface area contributed by atoms with Gasteiger partial charge in [-0.3, -0.25) is 0 Å². The highest BCUT2D eigenvalue weighted by Gasteiger charge is 2.07. The Morgan fingerprint density at radius 3 is 2.93 bits per heavy atom. The van der Waals surface area contributed by atoms with E-state index in [1.54, 1.807) is 19.1 Å². The Labute approximate surface area is 82.3 Å². The van der Waals surface area contributed by atoms with Crippen LogP contribution in [0.5, 0.6) is 5.75 Å². The minimum atomic E-state index is -0.477. The van der Waals surface area contributed by atoms with Crippen LogP contribution >= 0.6 is 0 Å². The van der Waals surface area contributed by atoms with E-state index in [1.807, 2.05) is 0 Å². The Morgan fingerprint density at radius 1 is 1.57 bits per heavy atom. The number of benzene rings is 1. The van der Waals surface area contributed by atoms with Gasteiger partial charge in [-0.1, -0.05) is 12.1 Å². The molecular weight excluding hydrogens is 185 g/mol. The van der Waals surface area contributed by atoms with Crippen LogP contribution in [-0.2, 0) is 0 Å². The van der Waals surface area contributed by atoms with Crippen molar-refractivity contribution in [2.45, 2.75) is 13.0 Å². The van der Waals surface area contributed by atoms with Gasteiger partial charge in [0.05, 0.1) is 12.6 Å². The predicted octanol–water partition coefficient (Wildman–Crippen LogP) is 0.833. The van der Waals surface area contributed by atoms with E-state index in [4.69, 9.17) is 15.6 Å². The Hall–Kier alpha value is -1.13. The van der Waals surface area contributed by atoms with E-state index >= 15 is 0 Å². The molecule has 0 saturated heterocycles. The van der Waals surface area contributed by atoms with Crippen molar-refractivity contribution in [3.63, 3.8) is 0 Å². The molecule has 0 saturated carbocycles. The van der Waals surface area contributed by atoms with E-state index in [-0.39, 0.29) is 24.8 Å². The summed E-state index contributed by atoms with van der Waals surface area (Å²) in [4.78, 5) is 0. The molecule has 1 aromatic carbocycles. The van der Waals surface area contributed by atoms with E-state index < -0.39 is 6.04 Å². The largest absolute Gasteiger partial charge is 0.489 e. The minimum absolute atomic E-state index is 0.108. The molecule has 0 amide bonds. The third kappa shape index (κ3) is 2.68. The zero-order valence-corrected chi connectivity index (χ0v) is 8.03. The molecule has 0 aliphatic carbocycles. The fourth-order valence-electron chi connectivity index (χ4n) is 0.981. The normalized spacial score (nSPS) is 12.6. The van der Waals surface area contributed by atoms with Crippen LogP contribution in [0.15, 0.2) is 18.2 Å². The van der Waals surface area contributed by atoms with Gasteiger partial charge in [0.15, 0.2) is 11.6 Å². The molecule has 3 nitrogen and oxygen atoms in total. The van der Waals surface area contributed by atoms with Crippen LogP contribution in [0.25, 0.3) is 0 Å². The maximum atomic E-state index is 13.3. The van der Waals surface area contributed by atoms with E-state index in [0.717, 1.165) is 0 Å². The van der Waals surface area contributed by atoms with Crippen molar-refractivity contribution in [1.29, 1.82) is 0 Å². The van der Waals surface area contributed by atoms with Crippen molar-refractivity contribution in [3.05, 3.63) is 29.6 Å². The summed E-state index contributed by atoms with van der Waals surface area (Å²) in [6.45, 7) is 1.60. The first-order chi connectivity index (χ1) is 6.65. The minimum Gasteiger partial charge on any atom is -0.489 e. The number of halogens is 1. The third-order valence-electron chi connectivity index (χ3n) is 1.84. The number of aliphatic hydroxyl groups is 1. The molecule has 4 heteroatoms. The molecular formula is C10H14FNO2. The van der Waals surface area contributed by atoms with Gasteiger partial charge in [-0.2, -0.15) is 0 Å². The van der Waals surface area contributed by atoms with Gasteiger partial charge in [-0.25, -0.2) is 4.39 Å². The molecule has 1 atom stereocenters. The summed E-state index contributed by atoms with van der Waals surface area (Å²) in [6.07, 6.45) is 0. The fraction of sp³-hybridized carbons (Fsp3) is 0.400. The smallest absolute Gasteiger partial charge is 0.167 e. The zero-order chi connectivity index (χ0) is 10.6. The molecule has 0 spiro atoms. The highest BCUT2D eigenvalue weighted by Crippen LogP contribution is 2.19. The van der Waals surface area contributed by atoms with Gasteiger partial charge >= 0.3 is 0 Å². The second-order valence-electron chi connectivity index (χ2n) is 3.14. The summed E-state index contributed by atoms with van der Waals surface area (Å²) in [5.74, 6) is -0.202. The Morgan fingerprint density at radius 2 is 2.29 bits per heavy atom. The molecule has 1 rings (SSSR count). The quantitative estimate of drug-likeness (QED) is 0.755. The Kier molecular flexibility index (Phi) is 3.85. The number of aliphatic hydroxyl groups excluding tert-OH is 1. The molecule has 0 bridgehead atoms. The SMILES string of the molecule is Cc1cccc(OCC(N)CO)c1F. The molecule has 0 radical (unpaired) electrons. The molecule has 3 N–H and O–H groups in total. The van der Waals surface area contributed by atoms with E-state index in [2.05, 4.69) is 0 Å². The summed E-state index contributed by atoms with van der Waals surface area (Å²) in [5, 5.41) is 8.64. The van der Waals surface area contributed by atoms with Crippen LogP contribution in [0.2, 0.25) is 0 Å². The van der Waals surface area contributed by atoms with E-state index in [1.165, 1.54) is 6.07 Å². The molecule has 14 heavy (non-hydrogen) atoms. The number of hydrogen-bond donors (Lipinski definition) is 2. The van der Waals surface area contributed by atoms with Gasteiger partial charge in [0.25, 0.3) is 0 Å². The summed E-state index contributed by atoms with van der Waals surface area (Å²) in [7, 11) is 0. The van der Waals surface area contributed by atoms with Gasteiger partial charge in [0.1, 0.15) is 6.61 Å². The van der Waals surface area contributed by atoms with Gasteiger partial charge in [0, 0.05) is 0 Å². The molecule has 0 aromatic heterocycles. The summed E-state index contributed by atoms with van der Waals surface area (Å²) < 4.78 is 18.4. The molecule has 78 valence electrons. The van der Waals surface area contributed by atoms with E-state index in [9.17, 15) is 4.39 Å². The van der Waals surface area contributed by atoms with Crippen molar-refractivity contribution in [3.8, 4) is 5.75 Å². The lowest BCUT2D eigenvalue weighted by Gasteiger charge is -2.11. The Balaban J connectivity index is 2.63. The maximum Gasteiger partial charge on any atom is 0.167 e. The molecule has 1 aromatic rings. The Bertz CT molecular complexity index is 304. The van der Waals surface area contributed by atoms with Crippen molar-refractivity contribution < 1.29 is 14.2 Å². The summed E-state index contributed by atoms with van der Waals surface area (Å²) in [6, 6.07) is 4.42. The van der Waals surface area contributed by atoms with Crippen molar-refractivity contribution in [2.75, 3.05) is 13.2 Å². The van der Waals surface area contributed by atoms with Crippen LogP contribution in [0.3, 0.4) is 0 Å². The second kappa shape index (κ2) is 4.93. The standard InChI is InChI=1S/C10H14FNO2/c1-7-3-2-4-9(10(7)11)14-6-8(12)5-13/h2-4,8,13H,5-6,12H2,1H3. The van der Waals surface area contributed by atoms with Crippen molar-refractivity contribution in [1.82, 2.24) is 0 Å². The third-order valence-corrected chi connectivity index (χ3v) is 1.84. The molecule has 0 fully saturated rings. The lowest BCUT2D eigenvalue weighted by molar-refractivity contribution is 0.202. The highest BCUT2D eigenvalue weighted by molar-refractivity contribution is 5.30. The second-order valence-corrected chi connectivity index (χ2v) is 3.14.